The molecule has 10 heteroatoms. The van der Waals surface area contributed by atoms with E-state index in [1.807, 2.05) is 5.01 Å². The number of alkyl halides is 1. The van der Waals surface area contributed by atoms with Crippen LogP contribution < -0.4 is 5.01 Å². The number of hydrazine groups is 1. The number of hydrogen-bond donors (Lipinski definition) is 0. The van der Waals surface area contributed by atoms with Gasteiger partial charge < -0.3 is 9.47 Å². The lowest BCUT2D eigenvalue weighted by molar-refractivity contribution is 0.0134. The maximum Gasteiger partial charge on any atom is 0.435 e. The van der Waals surface area contributed by atoms with Crippen molar-refractivity contribution in [1.29, 1.82) is 0 Å². The van der Waals surface area contributed by atoms with E-state index in [4.69, 9.17) is 21.1 Å². The van der Waals surface area contributed by atoms with Gasteiger partial charge in [-0.3, -0.25) is 0 Å². The third-order valence-corrected chi connectivity index (χ3v) is 3.71. The van der Waals surface area contributed by atoms with Gasteiger partial charge in [-0.2, -0.15) is 4.68 Å². The van der Waals surface area contributed by atoms with Crippen molar-refractivity contribution >= 4 is 29.3 Å². The van der Waals surface area contributed by atoms with Gasteiger partial charge in [0.1, 0.15) is 17.5 Å². The fourth-order valence-corrected chi connectivity index (χ4v) is 2.68. The van der Waals surface area contributed by atoms with Crippen LogP contribution in [0.1, 0.15) is 20.8 Å². The number of ether oxygens (including phenoxy) is 2. The fraction of sp³-hybridized carbons (Fsp3) is 0.500. The van der Waals surface area contributed by atoms with E-state index in [1.54, 1.807) is 50.3 Å². The highest BCUT2D eigenvalue weighted by molar-refractivity contribution is 6.19. The third-order valence-electron chi connectivity index (χ3n) is 3.44. The van der Waals surface area contributed by atoms with Gasteiger partial charge in [-0.25, -0.2) is 24.8 Å². The summed E-state index contributed by atoms with van der Waals surface area (Å²) in [5, 5.41) is 8.11. The second kappa shape index (κ2) is 7.56. The van der Waals surface area contributed by atoms with Crippen LogP contribution in [0.2, 0.25) is 0 Å². The standard InChI is InChI=1S/C16H21ClN6O3/c1-16(2,3)26-15(24)22-7-5-14(20-22)23(13-4-6-18-11-19-13)21-8-9-25-12(17)10-21/h4-7,11-12H,8-10H2,1-3H3. The van der Waals surface area contributed by atoms with Gasteiger partial charge in [0.05, 0.1) is 13.2 Å². The van der Waals surface area contributed by atoms with Gasteiger partial charge >= 0.3 is 6.09 Å². The number of morpholine rings is 1. The normalized spacial score (nSPS) is 18.5. The molecule has 3 heterocycles. The van der Waals surface area contributed by atoms with Crippen LogP contribution in [0.25, 0.3) is 0 Å². The third kappa shape index (κ3) is 4.48. The van der Waals surface area contributed by atoms with Gasteiger partial charge in [0, 0.05) is 31.1 Å². The summed E-state index contributed by atoms with van der Waals surface area (Å²) in [7, 11) is 0. The zero-order valence-electron chi connectivity index (χ0n) is 14.9. The minimum atomic E-state index is -0.606. The SMILES string of the molecule is CC(C)(C)OC(=O)n1ccc(N(c2ccncn2)N2CCOC(Cl)C2)n1. The Morgan fingerprint density at radius 3 is 2.85 bits per heavy atom. The molecule has 0 aliphatic carbocycles. The number of hydrogen-bond acceptors (Lipinski definition) is 8. The molecule has 2 aromatic rings. The molecule has 1 aliphatic rings. The number of aromatic nitrogens is 4. The molecule has 140 valence electrons. The summed E-state index contributed by atoms with van der Waals surface area (Å²) in [6.07, 6.45) is 4.09. The molecule has 0 radical (unpaired) electrons. The first-order valence-electron chi connectivity index (χ1n) is 8.19. The predicted octanol–water partition coefficient (Wildman–Crippen LogP) is 2.41. The minimum Gasteiger partial charge on any atom is -0.442 e. The smallest absolute Gasteiger partial charge is 0.435 e. The molecular weight excluding hydrogens is 360 g/mol. The summed E-state index contributed by atoms with van der Waals surface area (Å²) in [6.45, 7) is 6.93. The Bertz CT molecular complexity index is 748. The van der Waals surface area contributed by atoms with Gasteiger partial charge in [0.25, 0.3) is 0 Å². The van der Waals surface area contributed by atoms with E-state index in [0.717, 1.165) is 4.68 Å². The average Bonchev–Trinajstić information content (AvgIpc) is 3.04. The molecule has 0 amide bonds. The summed E-state index contributed by atoms with van der Waals surface area (Å²) in [5.41, 5.74) is -1.05. The van der Waals surface area contributed by atoms with Gasteiger partial charge in [0.2, 0.25) is 0 Å². The fourth-order valence-electron chi connectivity index (χ4n) is 2.43. The molecule has 3 rings (SSSR count). The van der Waals surface area contributed by atoms with Crippen LogP contribution in [-0.4, -0.2) is 61.7 Å². The predicted molar refractivity (Wildman–Crippen MR) is 95.2 cm³/mol. The lowest BCUT2D eigenvalue weighted by atomic mass is 10.2. The van der Waals surface area contributed by atoms with E-state index in [9.17, 15) is 4.79 Å². The van der Waals surface area contributed by atoms with E-state index in [1.165, 1.54) is 6.33 Å². The summed E-state index contributed by atoms with van der Waals surface area (Å²) in [5.74, 6) is 1.13. The van der Waals surface area contributed by atoms with E-state index in [2.05, 4.69) is 15.1 Å². The molecule has 1 atom stereocenters. The molecule has 26 heavy (non-hydrogen) atoms. The Morgan fingerprint density at radius 2 is 2.19 bits per heavy atom. The van der Waals surface area contributed by atoms with E-state index < -0.39 is 17.3 Å². The van der Waals surface area contributed by atoms with Gasteiger partial charge in [0.15, 0.2) is 11.6 Å². The number of halogens is 1. The van der Waals surface area contributed by atoms with Crippen LogP contribution in [-0.2, 0) is 9.47 Å². The number of carbonyl (C=O) groups is 1. The Kier molecular flexibility index (Phi) is 5.40. The number of nitrogens with zero attached hydrogens (tertiary/aromatic N) is 6. The van der Waals surface area contributed by atoms with Crippen molar-refractivity contribution in [3.8, 4) is 0 Å². The quantitative estimate of drug-likeness (QED) is 0.750. The van der Waals surface area contributed by atoms with Crippen molar-refractivity contribution in [2.45, 2.75) is 31.9 Å². The lowest BCUT2D eigenvalue weighted by Crippen LogP contribution is -2.49. The van der Waals surface area contributed by atoms with Crippen molar-refractivity contribution in [1.82, 2.24) is 24.8 Å². The Balaban J connectivity index is 1.89. The van der Waals surface area contributed by atoms with Crippen molar-refractivity contribution in [2.75, 3.05) is 24.7 Å². The molecule has 0 aromatic carbocycles. The molecule has 0 bridgehead atoms. The molecular formula is C16H21ClN6O3. The van der Waals surface area contributed by atoms with E-state index in [0.29, 0.717) is 31.3 Å². The van der Waals surface area contributed by atoms with Crippen molar-refractivity contribution < 1.29 is 14.3 Å². The first kappa shape index (κ1) is 18.6. The monoisotopic (exact) mass is 380 g/mol. The molecule has 0 N–H and O–H groups in total. The number of carbonyl (C=O) groups excluding carboxylic acids is 1. The van der Waals surface area contributed by atoms with Gasteiger partial charge in [-0.05, 0) is 20.8 Å². The van der Waals surface area contributed by atoms with Crippen LogP contribution in [0, 0.1) is 0 Å². The zero-order chi connectivity index (χ0) is 18.7. The molecule has 1 aliphatic heterocycles. The molecule has 1 unspecified atom stereocenters. The summed E-state index contributed by atoms with van der Waals surface area (Å²) in [4.78, 5) is 20.5. The van der Waals surface area contributed by atoms with Crippen molar-refractivity contribution in [3.05, 3.63) is 30.9 Å². The lowest BCUT2D eigenvalue weighted by Gasteiger charge is -2.37. The highest BCUT2D eigenvalue weighted by Crippen LogP contribution is 2.26. The first-order chi connectivity index (χ1) is 12.3. The first-order valence-corrected chi connectivity index (χ1v) is 8.63. The second-order valence-electron chi connectivity index (χ2n) is 6.67. The van der Waals surface area contributed by atoms with Crippen LogP contribution in [0.3, 0.4) is 0 Å². The van der Waals surface area contributed by atoms with Crippen LogP contribution >= 0.6 is 11.6 Å². The van der Waals surface area contributed by atoms with Crippen molar-refractivity contribution in [3.63, 3.8) is 0 Å². The van der Waals surface area contributed by atoms with Crippen LogP contribution in [0.15, 0.2) is 30.9 Å². The highest BCUT2D eigenvalue weighted by atomic mass is 35.5. The molecule has 2 aromatic heterocycles. The second-order valence-corrected chi connectivity index (χ2v) is 7.16. The van der Waals surface area contributed by atoms with Crippen molar-refractivity contribution in [2.24, 2.45) is 0 Å². The number of anilines is 2. The molecule has 1 fully saturated rings. The highest BCUT2D eigenvalue weighted by Gasteiger charge is 2.28. The Hall–Kier alpha value is -2.23. The Labute approximate surface area is 156 Å². The maximum atomic E-state index is 12.2. The van der Waals surface area contributed by atoms with E-state index in [-0.39, 0.29) is 0 Å². The summed E-state index contributed by atoms with van der Waals surface area (Å²) < 4.78 is 11.9. The van der Waals surface area contributed by atoms with Crippen LogP contribution in [0.5, 0.6) is 0 Å². The molecule has 0 spiro atoms. The topological polar surface area (TPSA) is 85.6 Å². The zero-order valence-corrected chi connectivity index (χ0v) is 15.6. The van der Waals surface area contributed by atoms with E-state index >= 15 is 0 Å². The van der Waals surface area contributed by atoms with Gasteiger partial charge in [-0.1, -0.05) is 11.6 Å². The minimum absolute atomic E-state index is 0.443. The average molecular weight is 381 g/mol. The molecule has 0 saturated carbocycles. The maximum absolute atomic E-state index is 12.2. The van der Waals surface area contributed by atoms with Crippen LogP contribution in [0.4, 0.5) is 16.4 Å². The molecule has 9 nitrogen and oxygen atoms in total. The Morgan fingerprint density at radius 1 is 1.38 bits per heavy atom. The van der Waals surface area contributed by atoms with Gasteiger partial charge in [-0.15, -0.1) is 5.10 Å². The number of rotatable bonds is 3. The largest absolute Gasteiger partial charge is 0.442 e. The summed E-state index contributed by atoms with van der Waals surface area (Å²) in [6, 6.07) is 3.47. The summed E-state index contributed by atoms with van der Waals surface area (Å²) >= 11 is 6.14. The molecule has 1 saturated heterocycles.